The van der Waals surface area contributed by atoms with Gasteiger partial charge in [0.1, 0.15) is 0 Å². The Morgan fingerprint density at radius 1 is 1.64 bits per heavy atom. The van der Waals surface area contributed by atoms with Gasteiger partial charge in [-0.3, -0.25) is 0 Å². The Balaban J connectivity index is 2.56. The first-order valence-electron chi connectivity index (χ1n) is 3.82. The highest BCUT2D eigenvalue weighted by atomic mass is 19.3. The molecule has 0 fully saturated rings. The summed E-state index contributed by atoms with van der Waals surface area (Å²) in [5, 5.41) is 11.5. The molecule has 0 amide bonds. The van der Waals surface area contributed by atoms with E-state index in [0.29, 0.717) is 0 Å². The Morgan fingerprint density at radius 3 is 2.71 bits per heavy atom. The van der Waals surface area contributed by atoms with Crippen LogP contribution in [-0.4, -0.2) is 27.1 Å². The lowest BCUT2D eigenvalue weighted by Crippen LogP contribution is -2.10. The van der Waals surface area contributed by atoms with Crippen molar-refractivity contribution in [2.75, 3.05) is 0 Å². The predicted octanol–water partition coefficient (Wildman–Crippen LogP) is 1.36. The molecule has 0 radical (unpaired) electrons. The predicted molar refractivity (Wildman–Crippen MR) is 40.2 cm³/mol. The molecule has 1 aromatic heterocycles. The minimum absolute atomic E-state index is 0.0936. The van der Waals surface area contributed by atoms with Gasteiger partial charge in [-0.2, -0.15) is 4.98 Å². The summed E-state index contributed by atoms with van der Waals surface area (Å²) in [6.45, 7) is 0.765. The topological polar surface area (TPSA) is 76.2 Å². The van der Waals surface area contributed by atoms with E-state index in [1.807, 2.05) is 0 Å². The molecule has 1 N–H and O–H groups in total. The van der Waals surface area contributed by atoms with Gasteiger partial charge in [0.15, 0.2) is 0 Å². The third-order valence-electron chi connectivity index (χ3n) is 1.44. The second-order valence-corrected chi connectivity index (χ2v) is 2.89. The molecule has 1 aromatic rings. The van der Waals surface area contributed by atoms with E-state index in [1.54, 1.807) is 0 Å². The number of aromatic carboxylic acids is 1. The third kappa shape index (κ3) is 3.08. The second kappa shape index (κ2) is 3.69. The molecule has 0 unspecified atom stereocenters. The standard InChI is InChI=1S/C7H8F2N2O3/c1-7(8,9)3-2-4-10-5(6(12)13)11-14-4/h2-3H2,1H3,(H,12,13). The molecule has 7 heteroatoms. The molecular weight excluding hydrogens is 198 g/mol. The molecule has 0 aliphatic heterocycles. The van der Waals surface area contributed by atoms with E-state index in [9.17, 15) is 13.6 Å². The van der Waals surface area contributed by atoms with Gasteiger partial charge in [-0.1, -0.05) is 0 Å². The van der Waals surface area contributed by atoms with Crippen LogP contribution < -0.4 is 0 Å². The van der Waals surface area contributed by atoms with E-state index >= 15 is 0 Å². The van der Waals surface area contributed by atoms with Gasteiger partial charge in [-0.25, -0.2) is 13.6 Å². The van der Waals surface area contributed by atoms with Crippen molar-refractivity contribution in [3.8, 4) is 0 Å². The van der Waals surface area contributed by atoms with Gasteiger partial charge in [0.25, 0.3) is 5.82 Å². The van der Waals surface area contributed by atoms with E-state index in [2.05, 4.69) is 14.7 Å². The largest absolute Gasteiger partial charge is 0.475 e. The summed E-state index contributed by atoms with van der Waals surface area (Å²) >= 11 is 0. The number of carboxylic acids is 1. The second-order valence-electron chi connectivity index (χ2n) is 2.89. The lowest BCUT2D eigenvalue weighted by molar-refractivity contribution is 0.0114. The molecule has 1 heterocycles. The number of halogens is 2. The van der Waals surface area contributed by atoms with Gasteiger partial charge < -0.3 is 9.63 Å². The lowest BCUT2D eigenvalue weighted by Gasteiger charge is -2.06. The van der Waals surface area contributed by atoms with E-state index < -0.39 is 24.1 Å². The number of hydrogen-bond acceptors (Lipinski definition) is 4. The smallest absolute Gasteiger partial charge is 0.377 e. The maximum atomic E-state index is 12.4. The first kappa shape index (κ1) is 10.6. The number of hydrogen-bond donors (Lipinski definition) is 1. The first-order valence-corrected chi connectivity index (χ1v) is 3.82. The van der Waals surface area contributed by atoms with E-state index in [-0.39, 0.29) is 12.3 Å². The average molecular weight is 206 g/mol. The number of rotatable bonds is 4. The molecule has 0 atom stereocenters. The Labute approximate surface area is 77.7 Å². The van der Waals surface area contributed by atoms with Crippen molar-refractivity contribution in [1.29, 1.82) is 0 Å². The molecule has 78 valence electrons. The third-order valence-corrected chi connectivity index (χ3v) is 1.44. The molecule has 0 bridgehead atoms. The van der Waals surface area contributed by atoms with Gasteiger partial charge >= 0.3 is 5.97 Å². The van der Waals surface area contributed by atoms with E-state index in [1.165, 1.54) is 0 Å². The van der Waals surface area contributed by atoms with Crippen LogP contribution in [0, 0.1) is 0 Å². The zero-order valence-electron chi connectivity index (χ0n) is 7.33. The van der Waals surface area contributed by atoms with Crippen LogP contribution in [0.1, 0.15) is 29.9 Å². The van der Waals surface area contributed by atoms with Crippen LogP contribution in [-0.2, 0) is 6.42 Å². The molecule has 5 nitrogen and oxygen atoms in total. The van der Waals surface area contributed by atoms with Gasteiger partial charge in [0.2, 0.25) is 11.8 Å². The van der Waals surface area contributed by atoms with Gasteiger partial charge in [0, 0.05) is 12.8 Å². The molecule has 0 aromatic carbocycles. The Hall–Kier alpha value is -1.53. The van der Waals surface area contributed by atoms with Crippen molar-refractivity contribution >= 4 is 5.97 Å². The molecule has 0 aliphatic rings. The number of aromatic nitrogens is 2. The normalized spacial score (nSPS) is 11.6. The highest BCUT2D eigenvalue weighted by molar-refractivity contribution is 5.82. The van der Waals surface area contributed by atoms with Gasteiger partial charge in [0.05, 0.1) is 0 Å². The Bertz CT molecular complexity index is 332. The van der Waals surface area contributed by atoms with Crippen LogP contribution in [0.2, 0.25) is 0 Å². The lowest BCUT2D eigenvalue weighted by atomic mass is 10.2. The fourth-order valence-corrected chi connectivity index (χ4v) is 0.770. The van der Waals surface area contributed by atoms with Crippen molar-refractivity contribution in [1.82, 2.24) is 10.1 Å². The van der Waals surface area contributed by atoms with Crippen molar-refractivity contribution in [3.05, 3.63) is 11.7 Å². The van der Waals surface area contributed by atoms with Crippen molar-refractivity contribution in [2.24, 2.45) is 0 Å². The van der Waals surface area contributed by atoms with Crippen LogP contribution in [0.15, 0.2) is 4.52 Å². The number of alkyl halides is 2. The van der Waals surface area contributed by atoms with Gasteiger partial charge in [-0.05, 0) is 12.1 Å². The summed E-state index contributed by atoms with van der Waals surface area (Å²) in [7, 11) is 0. The summed E-state index contributed by atoms with van der Waals surface area (Å²) in [6.07, 6.45) is -0.585. The van der Waals surface area contributed by atoms with Crippen molar-refractivity contribution in [2.45, 2.75) is 25.7 Å². The molecule has 0 aliphatic carbocycles. The summed E-state index contributed by atoms with van der Waals surface area (Å²) in [5.41, 5.74) is 0. The minimum Gasteiger partial charge on any atom is -0.475 e. The number of carbonyl (C=O) groups is 1. The Kier molecular flexibility index (Phi) is 2.78. The van der Waals surface area contributed by atoms with E-state index in [4.69, 9.17) is 5.11 Å². The number of nitrogens with zero attached hydrogens (tertiary/aromatic N) is 2. The summed E-state index contributed by atoms with van der Waals surface area (Å²) in [6, 6.07) is 0. The van der Waals surface area contributed by atoms with Gasteiger partial charge in [-0.15, -0.1) is 0 Å². The fourth-order valence-electron chi connectivity index (χ4n) is 0.770. The van der Waals surface area contributed by atoms with Crippen molar-refractivity contribution < 1.29 is 23.2 Å². The molecular formula is C7H8F2N2O3. The maximum Gasteiger partial charge on any atom is 0.377 e. The Morgan fingerprint density at radius 2 is 2.29 bits per heavy atom. The molecule has 0 saturated carbocycles. The first-order chi connectivity index (χ1) is 6.38. The van der Waals surface area contributed by atoms with Crippen LogP contribution in [0.25, 0.3) is 0 Å². The number of carboxylic acid groups (broad SMARTS) is 1. The highest BCUT2D eigenvalue weighted by Gasteiger charge is 2.22. The monoisotopic (exact) mass is 206 g/mol. The minimum atomic E-state index is -2.82. The fraction of sp³-hybridized carbons (Fsp3) is 0.571. The maximum absolute atomic E-state index is 12.4. The molecule has 0 spiro atoms. The SMILES string of the molecule is CC(F)(F)CCc1nc(C(=O)O)no1. The average Bonchev–Trinajstić information content (AvgIpc) is 2.47. The molecule has 1 rings (SSSR count). The summed E-state index contributed by atoms with van der Waals surface area (Å²) in [5.74, 6) is -4.77. The molecule has 0 saturated heterocycles. The zero-order chi connectivity index (χ0) is 10.8. The van der Waals surface area contributed by atoms with Crippen LogP contribution in [0.4, 0.5) is 8.78 Å². The van der Waals surface area contributed by atoms with Crippen LogP contribution in [0.3, 0.4) is 0 Å². The molecule has 14 heavy (non-hydrogen) atoms. The quantitative estimate of drug-likeness (QED) is 0.804. The van der Waals surface area contributed by atoms with Crippen LogP contribution >= 0.6 is 0 Å². The highest BCUT2D eigenvalue weighted by Crippen LogP contribution is 2.18. The number of aryl methyl sites for hydroxylation is 1. The summed E-state index contributed by atoms with van der Waals surface area (Å²) < 4.78 is 29.2. The zero-order valence-corrected chi connectivity index (χ0v) is 7.33. The van der Waals surface area contributed by atoms with Crippen LogP contribution in [0.5, 0.6) is 0 Å². The van der Waals surface area contributed by atoms with E-state index in [0.717, 1.165) is 6.92 Å². The summed E-state index contributed by atoms with van der Waals surface area (Å²) in [4.78, 5) is 13.7. The van der Waals surface area contributed by atoms with Crippen molar-refractivity contribution in [3.63, 3.8) is 0 Å².